The summed E-state index contributed by atoms with van der Waals surface area (Å²) >= 11 is 3.04. The van der Waals surface area contributed by atoms with E-state index in [2.05, 4.69) is 15.3 Å². The van der Waals surface area contributed by atoms with E-state index in [0.29, 0.717) is 26.8 Å². The molecule has 1 amide bonds. The standard InChI is InChI=1S/C17H14N4O4S2/c22-16(10-1-4-15(18-8-10)25-12-5-6-26-9-12)20-17-19-13-3-2-11(21(23)24)7-14(13)27-17/h1-4,7-8,12H,5-6,9H2,(H,19,20,22). The van der Waals surface area contributed by atoms with E-state index in [9.17, 15) is 14.9 Å². The van der Waals surface area contributed by atoms with Crippen LogP contribution in [0.2, 0.25) is 0 Å². The second-order valence-electron chi connectivity index (χ2n) is 5.87. The van der Waals surface area contributed by atoms with E-state index in [-0.39, 0.29) is 17.7 Å². The van der Waals surface area contributed by atoms with Gasteiger partial charge in [-0.15, -0.1) is 0 Å². The van der Waals surface area contributed by atoms with Gasteiger partial charge >= 0.3 is 0 Å². The molecule has 1 N–H and O–H groups in total. The monoisotopic (exact) mass is 402 g/mol. The molecule has 0 aliphatic carbocycles. The second kappa shape index (κ2) is 7.49. The first kappa shape index (κ1) is 17.7. The first-order chi connectivity index (χ1) is 13.1. The smallest absolute Gasteiger partial charge is 0.270 e. The first-order valence-electron chi connectivity index (χ1n) is 8.15. The maximum Gasteiger partial charge on any atom is 0.270 e. The maximum absolute atomic E-state index is 12.4. The number of nitrogens with one attached hydrogen (secondary N) is 1. The minimum atomic E-state index is -0.461. The Morgan fingerprint density at radius 2 is 2.22 bits per heavy atom. The highest BCUT2D eigenvalue weighted by atomic mass is 32.2. The van der Waals surface area contributed by atoms with E-state index in [1.54, 1.807) is 18.2 Å². The average Bonchev–Trinajstić information content (AvgIpc) is 3.30. The Morgan fingerprint density at radius 1 is 1.33 bits per heavy atom. The van der Waals surface area contributed by atoms with Crippen LogP contribution in [0, 0.1) is 10.1 Å². The molecule has 1 aliphatic rings. The highest BCUT2D eigenvalue weighted by molar-refractivity contribution is 7.99. The predicted molar refractivity (Wildman–Crippen MR) is 105 cm³/mol. The van der Waals surface area contributed by atoms with Crippen LogP contribution in [-0.4, -0.2) is 38.4 Å². The van der Waals surface area contributed by atoms with Gasteiger partial charge in [-0.25, -0.2) is 9.97 Å². The van der Waals surface area contributed by atoms with Crippen molar-refractivity contribution < 1.29 is 14.5 Å². The molecule has 1 aromatic carbocycles. The zero-order chi connectivity index (χ0) is 18.8. The number of ether oxygens (including phenoxy) is 1. The number of pyridine rings is 1. The van der Waals surface area contributed by atoms with Gasteiger partial charge in [-0.2, -0.15) is 11.8 Å². The Bertz CT molecular complexity index is 1000. The number of nitrogens with zero attached hydrogens (tertiary/aromatic N) is 3. The largest absolute Gasteiger partial charge is 0.473 e. The Kier molecular flexibility index (Phi) is 4.90. The summed E-state index contributed by atoms with van der Waals surface area (Å²) < 4.78 is 6.40. The summed E-state index contributed by atoms with van der Waals surface area (Å²) in [7, 11) is 0. The molecule has 2 aromatic heterocycles. The van der Waals surface area contributed by atoms with Gasteiger partial charge in [0.15, 0.2) is 5.13 Å². The van der Waals surface area contributed by atoms with Crippen molar-refractivity contribution in [3.63, 3.8) is 0 Å². The van der Waals surface area contributed by atoms with Crippen LogP contribution < -0.4 is 10.1 Å². The summed E-state index contributed by atoms with van der Waals surface area (Å²) in [6, 6.07) is 7.73. The molecule has 4 rings (SSSR count). The van der Waals surface area contributed by atoms with Gasteiger partial charge in [-0.05, 0) is 24.3 Å². The molecule has 1 atom stereocenters. The number of nitro benzene ring substituents is 1. The van der Waals surface area contributed by atoms with Gasteiger partial charge in [0.05, 0.1) is 20.7 Å². The molecular weight excluding hydrogens is 388 g/mol. The SMILES string of the molecule is O=C(Nc1nc2ccc([N+](=O)[O-])cc2s1)c1ccc(OC2CCSC2)nc1. The normalized spacial score (nSPS) is 16.4. The number of fused-ring (bicyclic) bond motifs is 1. The van der Waals surface area contributed by atoms with Crippen LogP contribution in [0.3, 0.4) is 0 Å². The molecule has 0 spiro atoms. The quantitative estimate of drug-likeness (QED) is 0.512. The summed E-state index contributed by atoms with van der Waals surface area (Å²) in [5, 5.41) is 13.9. The van der Waals surface area contributed by atoms with Crippen LogP contribution in [0.25, 0.3) is 10.2 Å². The van der Waals surface area contributed by atoms with Crippen molar-refractivity contribution in [3.05, 3.63) is 52.2 Å². The number of carbonyl (C=O) groups is 1. The van der Waals surface area contributed by atoms with E-state index >= 15 is 0 Å². The van der Waals surface area contributed by atoms with Crippen LogP contribution in [0.5, 0.6) is 5.88 Å². The minimum absolute atomic E-state index is 0.00974. The topological polar surface area (TPSA) is 107 Å². The third kappa shape index (κ3) is 4.01. The summed E-state index contributed by atoms with van der Waals surface area (Å²) in [5.41, 5.74) is 0.968. The molecule has 27 heavy (non-hydrogen) atoms. The third-order valence-corrected chi connectivity index (χ3v) is 6.04. The fourth-order valence-electron chi connectivity index (χ4n) is 2.61. The van der Waals surface area contributed by atoms with E-state index in [1.807, 2.05) is 11.8 Å². The maximum atomic E-state index is 12.4. The average molecular weight is 402 g/mol. The summed E-state index contributed by atoms with van der Waals surface area (Å²) in [4.78, 5) is 31.3. The zero-order valence-corrected chi connectivity index (χ0v) is 15.6. The highest BCUT2D eigenvalue weighted by Crippen LogP contribution is 2.29. The van der Waals surface area contributed by atoms with Crippen molar-refractivity contribution in [2.24, 2.45) is 0 Å². The molecule has 8 nitrogen and oxygen atoms in total. The van der Waals surface area contributed by atoms with Crippen LogP contribution in [0.15, 0.2) is 36.5 Å². The number of rotatable bonds is 5. The van der Waals surface area contributed by atoms with Crippen LogP contribution in [-0.2, 0) is 0 Å². The van der Waals surface area contributed by atoms with Gasteiger partial charge in [-0.1, -0.05) is 11.3 Å². The molecule has 3 heterocycles. The number of non-ortho nitro benzene ring substituents is 1. The number of thiazole rings is 1. The van der Waals surface area contributed by atoms with Crippen LogP contribution >= 0.6 is 23.1 Å². The molecule has 1 saturated heterocycles. The number of thioether (sulfide) groups is 1. The fourth-order valence-corrected chi connectivity index (χ4v) is 4.60. The predicted octanol–water partition coefficient (Wildman–Crippen LogP) is 3.74. The molecule has 0 bridgehead atoms. The number of hydrogen-bond donors (Lipinski definition) is 1. The van der Waals surface area contributed by atoms with Gasteiger partial charge in [0.25, 0.3) is 11.6 Å². The number of benzene rings is 1. The minimum Gasteiger partial charge on any atom is -0.473 e. The lowest BCUT2D eigenvalue weighted by molar-refractivity contribution is -0.384. The molecule has 0 saturated carbocycles. The van der Waals surface area contributed by atoms with Crippen molar-refractivity contribution in [3.8, 4) is 5.88 Å². The summed E-state index contributed by atoms with van der Waals surface area (Å²) in [6.45, 7) is 0. The lowest BCUT2D eigenvalue weighted by Crippen LogP contribution is -2.16. The number of carbonyl (C=O) groups excluding carboxylic acids is 1. The molecular formula is C17H14N4O4S2. The summed E-state index contributed by atoms with van der Waals surface area (Å²) in [5.74, 6) is 2.21. The highest BCUT2D eigenvalue weighted by Gasteiger charge is 2.18. The van der Waals surface area contributed by atoms with Gasteiger partial charge < -0.3 is 4.74 Å². The Hall–Kier alpha value is -2.72. The van der Waals surface area contributed by atoms with E-state index in [1.165, 1.54) is 29.7 Å². The molecule has 1 unspecified atom stereocenters. The van der Waals surface area contributed by atoms with Crippen LogP contribution in [0.4, 0.5) is 10.8 Å². The Balaban J connectivity index is 1.45. The van der Waals surface area contributed by atoms with Crippen molar-refractivity contribution >= 4 is 50.0 Å². The van der Waals surface area contributed by atoms with Crippen LogP contribution in [0.1, 0.15) is 16.8 Å². The van der Waals surface area contributed by atoms with Crippen molar-refractivity contribution in [2.75, 3.05) is 16.8 Å². The molecule has 0 radical (unpaired) electrons. The molecule has 138 valence electrons. The van der Waals surface area contributed by atoms with E-state index in [0.717, 1.165) is 17.9 Å². The zero-order valence-electron chi connectivity index (χ0n) is 14.0. The van der Waals surface area contributed by atoms with Gasteiger partial charge in [-0.3, -0.25) is 20.2 Å². The number of anilines is 1. The number of nitro groups is 1. The number of aromatic nitrogens is 2. The van der Waals surface area contributed by atoms with Crippen molar-refractivity contribution in [1.29, 1.82) is 0 Å². The van der Waals surface area contributed by atoms with E-state index in [4.69, 9.17) is 4.74 Å². The first-order valence-corrected chi connectivity index (χ1v) is 10.1. The van der Waals surface area contributed by atoms with E-state index < -0.39 is 4.92 Å². The van der Waals surface area contributed by atoms with Gasteiger partial charge in [0.1, 0.15) is 6.10 Å². The molecule has 1 aliphatic heterocycles. The van der Waals surface area contributed by atoms with Gasteiger partial charge in [0, 0.05) is 30.1 Å². The molecule has 1 fully saturated rings. The van der Waals surface area contributed by atoms with Crippen molar-refractivity contribution in [2.45, 2.75) is 12.5 Å². The third-order valence-electron chi connectivity index (χ3n) is 3.98. The lowest BCUT2D eigenvalue weighted by Gasteiger charge is -2.11. The molecule has 3 aromatic rings. The molecule has 10 heteroatoms. The second-order valence-corrected chi connectivity index (χ2v) is 8.05. The Labute approximate surface area is 162 Å². The number of hydrogen-bond acceptors (Lipinski definition) is 8. The lowest BCUT2D eigenvalue weighted by atomic mass is 10.2. The number of amides is 1. The Morgan fingerprint density at radius 3 is 2.93 bits per heavy atom. The fraction of sp³-hybridized carbons (Fsp3) is 0.235. The van der Waals surface area contributed by atoms with Gasteiger partial charge in [0.2, 0.25) is 5.88 Å². The summed E-state index contributed by atoms with van der Waals surface area (Å²) in [6.07, 6.45) is 2.64. The van der Waals surface area contributed by atoms with Crippen molar-refractivity contribution in [1.82, 2.24) is 9.97 Å².